The molecule has 3 aromatic rings. The monoisotopic (exact) mass is 364 g/mol. The van der Waals surface area contributed by atoms with E-state index in [0.29, 0.717) is 17.1 Å². The molecule has 0 atom stereocenters. The maximum atomic E-state index is 13.5. The van der Waals surface area contributed by atoms with E-state index >= 15 is 0 Å². The number of alkyl halides is 1. The molecule has 0 radical (unpaired) electrons. The molecule has 0 bridgehead atoms. The second kappa shape index (κ2) is 6.04. The first-order valence-corrected chi connectivity index (χ1v) is 7.70. The molecule has 3 rings (SSSR count). The van der Waals surface area contributed by atoms with Crippen LogP contribution in [0.5, 0.6) is 11.5 Å². The lowest BCUT2D eigenvalue weighted by atomic mass is 10.1. The first-order chi connectivity index (χ1) is 10.2. The van der Waals surface area contributed by atoms with E-state index in [0.717, 1.165) is 15.2 Å². The molecule has 0 unspecified atom stereocenters. The Morgan fingerprint density at radius 3 is 2.67 bits per heavy atom. The first kappa shape index (κ1) is 14.4. The Kier molecular flexibility index (Phi) is 4.13. The number of rotatable bonds is 3. The van der Waals surface area contributed by atoms with Crippen LogP contribution in [0.15, 0.2) is 59.1 Å². The second-order valence-electron chi connectivity index (χ2n) is 4.63. The van der Waals surface area contributed by atoms with Crippen molar-refractivity contribution in [2.75, 3.05) is 0 Å². The molecule has 0 heterocycles. The van der Waals surface area contributed by atoms with Crippen LogP contribution in [0.3, 0.4) is 0 Å². The number of hydrogen-bond donors (Lipinski definition) is 0. The van der Waals surface area contributed by atoms with Gasteiger partial charge in [0.2, 0.25) is 0 Å². The highest BCUT2D eigenvalue weighted by Crippen LogP contribution is 2.36. The van der Waals surface area contributed by atoms with E-state index in [9.17, 15) is 4.39 Å². The Balaban J connectivity index is 2.02. The third-order valence-electron chi connectivity index (χ3n) is 3.14. The van der Waals surface area contributed by atoms with Gasteiger partial charge in [-0.05, 0) is 50.5 Å². The first-order valence-electron chi connectivity index (χ1n) is 6.38. The molecule has 0 aromatic heterocycles. The highest BCUT2D eigenvalue weighted by molar-refractivity contribution is 9.10. The van der Waals surface area contributed by atoms with E-state index in [1.165, 1.54) is 12.1 Å². The lowest BCUT2D eigenvalue weighted by Crippen LogP contribution is -1.90. The SMILES string of the molecule is Fc1cc(CCl)cc(Oc2ccc3ccccc3c2Br)c1. The van der Waals surface area contributed by atoms with Gasteiger partial charge in [0.1, 0.15) is 17.3 Å². The van der Waals surface area contributed by atoms with Gasteiger partial charge in [0.15, 0.2) is 0 Å². The third kappa shape index (κ3) is 3.04. The maximum absolute atomic E-state index is 13.5. The van der Waals surface area contributed by atoms with Gasteiger partial charge in [0.25, 0.3) is 0 Å². The predicted octanol–water partition coefficient (Wildman–Crippen LogP) is 6.27. The van der Waals surface area contributed by atoms with E-state index in [4.69, 9.17) is 16.3 Å². The average Bonchev–Trinajstić information content (AvgIpc) is 2.50. The fraction of sp³-hybridized carbons (Fsp3) is 0.0588. The molecule has 0 saturated heterocycles. The van der Waals surface area contributed by atoms with Gasteiger partial charge in [-0.3, -0.25) is 0 Å². The van der Waals surface area contributed by atoms with Crippen molar-refractivity contribution < 1.29 is 9.13 Å². The zero-order chi connectivity index (χ0) is 14.8. The molecule has 106 valence electrons. The summed E-state index contributed by atoms with van der Waals surface area (Å²) in [6, 6.07) is 16.3. The number of fused-ring (bicyclic) bond motifs is 1. The summed E-state index contributed by atoms with van der Waals surface area (Å²) in [5.74, 6) is 0.953. The van der Waals surface area contributed by atoms with Crippen LogP contribution >= 0.6 is 27.5 Å². The summed E-state index contributed by atoms with van der Waals surface area (Å²) in [6.45, 7) is 0. The molecule has 0 aliphatic heterocycles. The van der Waals surface area contributed by atoms with Gasteiger partial charge in [0, 0.05) is 11.9 Å². The normalized spacial score (nSPS) is 10.8. The van der Waals surface area contributed by atoms with Crippen molar-refractivity contribution in [3.8, 4) is 11.5 Å². The molecule has 0 aliphatic rings. The van der Waals surface area contributed by atoms with Crippen LogP contribution in [0.2, 0.25) is 0 Å². The highest BCUT2D eigenvalue weighted by Gasteiger charge is 2.08. The van der Waals surface area contributed by atoms with Crippen LogP contribution in [-0.2, 0) is 5.88 Å². The van der Waals surface area contributed by atoms with Crippen molar-refractivity contribution in [1.82, 2.24) is 0 Å². The smallest absolute Gasteiger partial charge is 0.142 e. The highest BCUT2D eigenvalue weighted by atomic mass is 79.9. The predicted molar refractivity (Wildman–Crippen MR) is 87.7 cm³/mol. The lowest BCUT2D eigenvalue weighted by molar-refractivity contribution is 0.474. The van der Waals surface area contributed by atoms with Gasteiger partial charge in [-0.1, -0.05) is 30.3 Å². The van der Waals surface area contributed by atoms with Crippen molar-refractivity contribution in [2.45, 2.75) is 5.88 Å². The van der Waals surface area contributed by atoms with E-state index in [2.05, 4.69) is 15.9 Å². The van der Waals surface area contributed by atoms with Gasteiger partial charge >= 0.3 is 0 Å². The van der Waals surface area contributed by atoms with Gasteiger partial charge in [0.05, 0.1) is 4.47 Å². The largest absolute Gasteiger partial charge is 0.456 e. The Labute approximate surface area is 135 Å². The van der Waals surface area contributed by atoms with Crippen molar-refractivity contribution in [2.24, 2.45) is 0 Å². The fourth-order valence-electron chi connectivity index (χ4n) is 2.18. The molecule has 0 N–H and O–H groups in total. The Morgan fingerprint density at radius 2 is 1.86 bits per heavy atom. The molecule has 1 nitrogen and oxygen atoms in total. The molecule has 0 aliphatic carbocycles. The standard InChI is InChI=1S/C17H11BrClFO/c18-17-15-4-2-1-3-12(15)5-6-16(17)21-14-8-11(10-19)7-13(20)9-14/h1-9H,10H2. The fourth-order valence-corrected chi connectivity index (χ4v) is 2.90. The molecule has 0 fully saturated rings. The minimum atomic E-state index is -0.361. The zero-order valence-electron chi connectivity index (χ0n) is 10.9. The number of benzene rings is 3. The molecule has 4 heteroatoms. The van der Waals surface area contributed by atoms with Crippen LogP contribution in [0.25, 0.3) is 10.8 Å². The third-order valence-corrected chi connectivity index (χ3v) is 4.27. The summed E-state index contributed by atoms with van der Waals surface area (Å²) in [5, 5.41) is 2.15. The molecular weight excluding hydrogens is 355 g/mol. The van der Waals surface area contributed by atoms with Crippen molar-refractivity contribution in [3.05, 3.63) is 70.5 Å². The summed E-state index contributed by atoms with van der Waals surface area (Å²) in [7, 11) is 0. The van der Waals surface area contributed by atoms with Crippen molar-refractivity contribution in [1.29, 1.82) is 0 Å². The van der Waals surface area contributed by atoms with Crippen LogP contribution in [0.4, 0.5) is 4.39 Å². The summed E-state index contributed by atoms with van der Waals surface area (Å²) in [5.41, 5.74) is 0.684. The summed E-state index contributed by atoms with van der Waals surface area (Å²) >= 11 is 9.30. The van der Waals surface area contributed by atoms with Crippen LogP contribution in [0.1, 0.15) is 5.56 Å². The molecule has 0 spiro atoms. The van der Waals surface area contributed by atoms with Crippen LogP contribution in [-0.4, -0.2) is 0 Å². The maximum Gasteiger partial charge on any atom is 0.142 e. The molecule has 3 aromatic carbocycles. The summed E-state index contributed by atoms with van der Waals surface area (Å²) in [6.07, 6.45) is 0. The molecule has 0 saturated carbocycles. The summed E-state index contributed by atoms with van der Waals surface area (Å²) < 4.78 is 20.2. The van der Waals surface area contributed by atoms with E-state index in [1.54, 1.807) is 6.07 Å². The Bertz CT molecular complexity index is 804. The number of ether oxygens (including phenoxy) is 1. The topological polar surface area (TPSA) is 9.23 Å². The van der Waals surface area contributed by atoms with Gasteiger partial charge in [-0.15, -0.1) is 11.6 Å². The minimum absolute atomic E-state index is 0.243. The Hall–Kier alpha value is -1.58. The average molecular weight is 366 g/mol. The molecule has 21 heavy (non-hydrogen) atoms. The minimum Gasteiger partial charge on any atom is -0.456 e. The molecule has 0 amide bonds. The van der Waals surface area contributed by atoms with Crippen molar-refractivity contribution in [3.63, 3.8) is 0 Å². The van der Waals surface area contributed by atoms with Crippen molar-refractivity contribution >= 4 is 38.3 Å². The Morgan fingerprint density at radius 1 is 1.05 bits per heavy atom. The van der Waals surface area contributed by atoms with Gasteiger partial charge in [-0.2, -0.15) is 0 Å². The van der Waals surface area contributed by atoms with E-state index in [1.807, 2.05) is 36.4 Å². The van der Waals surface area contributed by atoms with E-state index < -0.39 is 0 Å². The lowest BCUT2D eigenvalue weighted by Gasteiger charge is -2.11. The van der Waals surface area contributed by atoms with Gasteiger partial charge in [-0.25, -0.2) is 4.39 Å². The summed E-state index contributed by atoms with van der Waals surface area (Å²) in [4.78, 5) is 0. The van der Waals surface area contributed by atoms with E-state index in [-0.39, 0.29) is 11.7 Å². The quantitative estimate of drug-likeness (QED) is 0.497. The number of hydrogen-bond acceptors (Lipinski definition) is 1. The van der Waals surface area contributed by atoms with Crippen LogP contribution < -0.4 is 4.74 Å². The zero-order valence-corrected chi connectivity index (χ0v) is 13.3. The van der Waals surface area contributed by atoms with Crippen LogP contribution in [0, 0.1) is 5.82 Å². The molecular formula is C17H11BrClFO. The number of halogens is 3. The second-order valence-corrected chi connectivity index (χ2v) is 5.69. The van der Waals surface area contributed by atoms with Gasteiger partial charge < -0.3 is 4.74 Å².